The summed E-state index contributed by atoms with van der Waals surface area (Å²) in [4.78, 5) is 25.2. The Balaban J connectivity index is 2.03. The molecule has 3 heterocycles. The number of rotatable bonds is 4. The van der Waals surface area contributed by atoms with E-state index >= 15 is 0 Å². The molecule has 1 unspecified atom stereocenters. The van der Waals surface area contributed by atoms with Crippen molar-refractivity contribution in [2.75, 3.05) is 5.32 Å². The molecule has 0 aliphatic rings. The zero-order valence-corrected chi connectivity index (χ0v) is 16.6. The second-order valence-electron chi connectivity index (χ2n) is 7.21. The van der Waals surface area contributed by atoms with Crippen molar-refractivity contribution in [3.8, 4) is 11.4 Å². The summed E-state index contributed by atoms with van der Waals surface area (Å²) in [6, 6.07) is 7.75. The maximum absolute atomic E-state index is 13.1. The minimum Gasteiger partial charge on any atom is -0.389 e. The summed E-state index contributed by atoms with van der Waals surface area (Å²) in [5, 5.41) is 3.39. The van der Waals surface area contributed by atoms with Gasteiger partial charge in [0.15, 0.2) is 0 Å². The second kappa shape index (κ2) is 6.57. The summed E-state index contributed by atoms with van der Waals surface area (Å²) < 4.78 is 0.996. The van der Waals surface area contributed by atoms with Gasteiger partial charge in [-0.1, -0.05) is 26.0 Å². The molecule has 0 aliphatic carbocycles. The van der Waals surface area contributed by atoms with Crippen molar-refractivity contribution < 1.29 is 0 Å². The molecule has 4 aromatic rings. The van der Waals surface area contributed by atoms with E-state index in [0.717, 1.165) is 32.5 Å². The molecule has 0 spiro atoms. The third-order valence-corrected chi connectivity index (χ3v) is 6.21. The Morgan fingerprint density at radius 2 is 1.93 bits per heavy atom. The van der Waals surface area contributed by atoms with Crippen molar-refractivity contribution in [3.63, 3.8) is 0 Å². The number of pyridine rings is 1. The molecule has 3 N–H and O–H groups in total. The number of fused-ring (bicyclic) bond motifs is 2. The fraction of sp³-hybridized carbons (Fsp3) is 0.300. The monoisotopic (exact) mass is 376 g/mol. The third kappa shape index (κ3) is 2.96. The number of hydrogen-bond donors (Lipinski definition) is 3. The lowest BCUT2D eigenvalue weighted by Gasteiger charge is -2.21. The van der Waals surface area contributed by atoms with E-state index < -0.39 is 0 Å². The normalized spacial score (nSPS) is 12.9. The van der Waals surface area contributed by atoms with Crippen LogP contribution in [0.4, 0.5) is 5.69 Å². The SMILES string of the molecule is [B]C(Nc1c(-c2nc3ccccc3[nH]2)c(=O)[nH]c2c(C)c(C)sc12)C(C)C. The minimum atomic E-state index is -0.277. The highest BCUT2D eigenvalue weighted by molar-refractivity contribution is 7.19. The van der Waals surface area contributed by atoms with E-state index in [1.165, 1.54) is 4.88 Å². The van der Waals surface area contributed by atoms with E-state index in [2.05, 4.69) is 27.2 Å². The van der Waals surface area contributed by atoms with Gasteiger partial charge in [0.2, 0.25) is 0 Å². The molecule has 27 heavy (non-hydrogen) atoms. The quantitative estimate of drug-likeness (QED) is 0.465. The summed E-state index contributed by atoms with van der Waals surface area (Å²) in [6.07, 6.45) is 0. The van der Waals surface area contributed by atoms with Crippen molar-refractivity contribution in [1.82, 2.24) is 15.0 Å². The predicted octanol–water partition coefficient (Wildman–Crippen LogP) is 4.31. The van der Waals surface area contributed by atoms with Gasteiger partial charge in [0.05, 0.1) is 34.8 Å². The zero-order chi connectivity index (χ0) is 19.3. The molecule has 0 fully saturated rings. The Morgan fingerprint density at radius 3 is 2.63 bits per heavy atom. The van der Waals surface area contributed by atoms with Crippen LogP contribution in [0.1, 0.15) is 24.3 Å². The van der Waals surface area contributed by atoms with Crippen LogP contribution in [0.5, 0.6) is 0 Å². The molecular formula is C20H21BN4OS. The number of thiophene rings is 1. The van der Waals surface area contributed by atoms with Crippen molar-refractivity contribution in [2.45, 2.75) is 33.6 Å². The van der Waals surface area contributed by atoms with Crippen LogP contribution in [0.15, 0.2) is 29.1 Å². The van der Waals surface area contributed by atoms with E-state index in [9.17, 15) is 4.79 Å². The number of para-hydroxylation sites is 2. The molecular weight excluding hydrogens is 355 g/mol. The first-order valence-corrected chi connectivity index (χ1v) is 9.81. The second-order valence-corrected chi connectivity index (χ2v) is 8.43. The van der Waals surface area contributed by atoms with Gasteiger partial charge in [-0.25, -0.2) is 4.98 Å². The molecule has 1 aromatic carbocycles. The van der Waals surface area contributed by atoms with Gasteiger partial charge in [-0.3, -0.25) is 4.79 Å². The van der Waals surface area contributed by atoms with Crippen molar-refractivity contribution in [2.24, 2.45) is 5.92 Å². The van der Waals surface area contributed by atoms with Crippen LogP contribution < -0.4 is 10.9 Å². The number of benzene rings is 1. The number of anilines is 1. The van der Waals surface area contributed by atoms with Gasteiger partial charge in [-0.15, -0.1) is 11.3 Å². The summed E-state index contributed by atoms with van der Waals surface area (Å²) in [6.45, 7) is 8.18. The molecule has 0 amide bonds. The van der Waals surface area contributed by atoms with Gasteiger partial charge >= 0.3 is 0 Å². The number of H-pyrrole nitrogens is 2. The zero-order valence-electron chi connectivity index (χ0n) is 15.8. The van der Waals surface area contributed by atoms with Crippen LogP contribution in [0.2, 0.25) is 0 Å². The molecule has 2 radical (unpaired) electrons. The van der Waals surface area contributed by atoms with E-state index in [1.807, 2.05) is 45.0 Å². The fourth-order valence-corrected chi connectivity index (χ4v) is 4.26. The lowest BCUT2D eigenvalue weighted by Crippen LogP contribution is -2.27. The Morgan fingerprint density at radius 1 is 1.19 bits per heavy atom. The maximum Gasteiger partial charge on any atom is 0.261 e. The first kappa shape index (κ1) is 17.9. The first-order valence-electron chi connectivity index (χ1n) is 9.00. The number of imidazole rings is 1. The number of nitrogens with zero attached hydrogens (tertiary/aromatic N) is 1. The lowest BCUT2D eigenvalue weighted by molar-refractivity contribution is 0.643. The molecule has 5 nitrogen and oxygen atoms in total. The Bertz CT molecular complexity index is 1170. The average Bonchev–Trinajstić information content (AvgIpc) is 3.17. The number of aromatic amines is 2. The van der Waals surface area contributed by atoms with Gasteiger partial charge in [-0.05, 0) is 43.4 Å². The van der Waals surface area contributed by atoms with Crippen LogP contribution in [0.25, 0.3) is 32.6 Å². The topological polar surface area (TPSA) is 73.6 Å². The highest BCUT2D eigenvalue weighted by Crippen LogP contribution is 2.38. The van der Waals surface area contributed by atoms with Crippen molar-refractivity contribution in [3.05, 3.63) is 45.1 Å². The molecule has 1 atom stereocenters. The summed E-state index contributed by atoms with van der Waals surface area (Å²) in [5.74, 6) is 0.479. The lowest BCUT2D eigenvalue weighted by atomic mass is 9.85. The molecule has 0 saturated heterocycles. The molecule has 0 bridgehead atoms. The van der Waals surface area contributed by atoms with E-state index in [4.69, 9.17) is 7.85 Å². The summed E-state index contributed by atoms with van der Waals surface area (Å²) in [5.41, 5.74) is 4.73. The van der Waals surface area contributed by atoms with E-state index in [-0.39, 0.29) is 17.4 Å². The van der Waals surface area contributed by atoms with Crippen LogP contribution in [0, 0.1) is 19.8 Å². The minimum absolute atomic E-state index is 0.180. The first-order chi connectivity index (χ1) is 12.9. The van der Waals surface area contributed by atoms with Gasteiger partial charge in [0, 0.05) is 4.88 Å². The molecule has 3 aromatic heterocycles. The van der Waals surface area contributed by atoms with Gasteiger partial charge in [-0.2, -0.15) is 0 Å². The highest BCUT2D eigenvalue weighted by atomic mass is 32.1. The number of nitrogens with one attached hydrogen (secondary N) is 3. The van der Waals surface area contributed by atoms with Crippen molar-refractivity contribution in [1.29, 1.82) is 0 Å². The molecule has 0 aliphatic heterocycles. The third-order valence-electron chi connectivity index (χ3n) is 4.98. The van der Waals surface area contributed by atoms with Gasteiger partial charge in [0.25, 0.3) is 5.56 Å². The van der Waals surface area contributed by atoms with Gasteiger partial charge < -0.3 is 15.3 Å². The van der Waals surface area contributed by atoms with Crippen LogP contribution in [-0.2, 0) is 0 Å². The Hall–Kier alpha value is -2.54. The summed E-state index contributed by atoms with van der Waals surface area (Å²) >= 11 is 1.65. The molecule has 7 heteroatoms. The standard InChI is InChI=1S/C20H21BN4OS/c1-9(2)18(21)24-16-14(19-22-12-7-5-6-8-13(12)23-19)20(26)25-15-10(3)11(4)27-17(15)16/h5-9,18H,1-4H3,(H,22,23)(H2,24,25,26). The van der Waals surface area contributed by atoms with Crippen LogP contribution >= 0.6 is 11.3 Å². The Labute approximate surface area is 162 Å². The molecule has 136 valence electrons. The molecule has 4 rings (SSSR count). The fourth-order valence-electron chi connectivity index (χ4n) is 3.12. The van der Waals surface area contributed by atoms with Gasteiger partial charge in [0.1, 0.15) is 11.4 Å². The van der Waals surface area contributed by atoms with E-state index in [1.54, 1.807) is 11.3 Å². The number of aromatic nitrogens is 3. The molecule has 0 saturated carbocycles. The number of aryl methyl sites for hydroxylation is 2. The van der Waals surface area contributed by atoms with E-state index in [0.29, 0.717) is 11.4 Å². The number of hydrogen-bond acceptors (Lipinski definition) is 4. The van der Waals surface area contributed by atoms with Crippen LogP contribution in [0.3, 0.4) is 0 Å². The smallest absolute Gasteiger partial charge is 0.261 e. The Kier molecular flexibility index (Phi) is 4.34. The largest absolute Gasteiger partial charge is 0.389 e. The van der Waals surface area contributed by atoms with Crippen molar-refractivity contribution >= 4 is 46.1 Å². The average molecular weight is 376 g/mol. The summed E-state index contributed by atoms with van der Waals surface area (Å²) in [7, 11) is 6.31. The van der Waals surface area contributed by atoms with Crippen LogP contribution in [-0.4, -0.2) is 28.7 Å². The maximum atomic E-state index is 13.1. The highest BCUT2D eigenvalue weighted by Gasteiger charge is 2.22. The predicted molar refractivity (Wildman–Crippen MR) is 115 cm³/mol.